The van der Waals surface area contributed by atoms with Gasteiger partial charge in [0.1, 0.15) is 0 Å². The van der Waals surface area contributed by atoms with E-state index in [1.54, 1.807) is 0 Å². The molecule has 68 valence electrons. The van der Waals surface area contributed by atoms with Crippen LogP contribution in [0.5, 0.6) is 0 Å². The van der Waals surface area contributed by atoms with Gasteiger partial charge in [-0.25, -0.2) is 5.01 Å². The summed E-state index contributed by atoms with van der Waals surface area (Å²) in [5.74, 6) is -0.365. The lowest BCUT2D eigenvalue weighted by Gasteiger charge is -2.29. The Hall–Kier alpha value is -1.13. The largest absolute Gasteiger partial charge is 0.440 e. The third kappa shape index (κ3) is 2.18. The minimum Gasteiger partial charge on any atom is -0.440 e. The van der Waals surface area contributed by atoms with Crippen LogP contribution in [0.4, 0.5) is 0 Å². The van der Waals surface area contributed by atoms with Crippen molar-refractivity contribution >= 4 is 5.97 Å². The lowest BCUT2D eigenvalue weighted by atomic mass is 10.1. The maximum atomic E-state index is 10.6. The van der Waals surface area contributed by atoms with E-state index in [9.17, 15) is 9.70 Å². The molecule has 1 unspecified atom stereocenters. The summed E-state index contributed by atoms with van der Waals surface area (Å²) >= 11 is 0. The van der Waals surface area contributed by atoms with Gasteiger partial charge >= 0.3 is 5.97 Å². The van der Waals surface area contributed by atoms with E-state index in [0.717, 1.165) is 12.8 Å². The maximum absolute atomic E-state index is 10.6. The smallest absolute Gasteiger partial charge is 0.304 e. The zero-order chi connectivity index (χ0) is 8.97. The molecule has 0 aromatic rings. The number of carbonyl (C=O) groups is 1. The number of nitroso groups, excluding NO2 is 1. The summed E-state index contributed by atoms with van der Waals surface area (Å²) in [7, 11) is 0. The Bertz CT molecular complexity index is 183. The number of ether oxygens (including phenoxy) is 1. The van der Waals surface area contributed by atoms with Crippen molar-refractivity contribution in [3.8, 4) is 0 Å². The Morgan fingerprint density at radius 3 is 2.92 bits per heavy atom. The fourth-order valence-corrected chi connectivity index (χ4v) is 1.29. The van der Waals surface area contributed by atoms with Crippen LogP contribution in [0.2, 0.25) is 0 Å². The first-order valence-corrected chi connectivity index (χ1v) is 4.01. The van der Waals surface area contributed by atoms with Crippen LogP contribution in [-0.2, 0) is 9.53 Å². The van der Waals surface area contributed by atoms with Gasteiger partial charge in [-0.15, -0.1) is 4.91 Å². The lowest BCUT2D eigenvalue weighted by Crippen LogP contribution is -2.38. The van der Waals surface area contributed by atoms with Crippen molar-refractivity contribution in [2.45, 2.75) is 32.4 Å². The zero-order valence-electron chi connectivity index (χ0n) is 7.02. The number of esters is 1. The van der Waals surface area contributed by atoms with Gasteiger partial charge in [0.25, 0.3) is 0 Å². The molecule has 5 heteroatoms. The highest BCUT2D eigenvalue weighted by Crippen LogP contribution is 2.17. The third-order valence-corrected chi connectivity index (χ3v) is 1.83. The second-order valence-electron chi connectivity index (χ2n) is 2.80. The average Bonchev–Trinajstić information content (AvgIpc) is 2.04. The molecule has 0 N–H and O–H groups in total. The molecule has 1 rings (SSSR count). The zero-order valence-corrected chi connectivity index (χ0v) is 7.02. The summed E-state index contributed by atoms with van der Waals surface area (Å²) in [6.07, 6.45) is 2.17. The summed E-state index contributed by atoms with van der Waals surface area (Å²) in [4.78, 5) is 20.8. The first kappa shape index (κ1) is 8.96. The molecule has 1 heterocycles. The van der Waals surface area contributed by atoms with Crippen molar-refractivity contribution in [2.75, 3.05) is 6.54 Å². The molecule has 1 saturated heterocycles. The van der Waals surface area contributed by atoms with Gasteiger partial charge in [-0.2, -0.15) is 0 Å². The first-order valence-electron chi connectivity index (χ1n) is 4.01. The molecule has 1 aliphatic rings. The number of rotatable bonds is 2. The predicted octanol–water partition coefficient (Wildman–Crippen LogP) is 1.04. The Kier molecular flexibility index (Phi) is 3.01. The molecule has 0 aromatic carbocycles. The molecule has 0 spiro atoms. The highest BCUT2D eigenvalue weighted by molar-refractivity contribution is 5.66. The van der Waals surface area contributed by atoms with Crippen LogP contribution in [0.25, 0.3) is 0 Å². The van der Waals surface area contributed by atoms with Gasteiger partial charge < -0.3 is 4.74 Å². The quantitative estimate of drug-likeness (QED) is 0.461. The van der Waals surface area contributed by atoms with E-state index in [0.29, 0.717) is 13.0 Å². The van der Waals surface area contributed by atoms with E-state index in [1.807, 2.05) is 0 Å². The van der Waals surface area contributed by atoms with Crippen LogP contribution in [0.1, 0.15) is 26.2 Å². The molecule has 0 radical (unpaired) electrons. The predicted molar refractivity (Wildman–Crippen MR) is 41.9 cm³/mol. The number of hydrogen-bond donors (Lipinski definition) is 0. The van der Waals surface area contributed by atoms with Crippen LogP contribution in [0.3, 0.4) is 0 Å². The van der Waals surface area contributed by atoms with Crippen LogP contribution in [0, 0.1) is 4.91 Å². The summed E-state index contributed by atoms with van der Waals surface area (Å²) in [5, 5.41) is 4.07. The molecule has 0 amide bonds. The van der Waals surface area contributed by atoms with Crippen molar-refractivity contribution < 1.29 is 9.53 Å². The molecule has 1 aliphatic heterocycles. The number of piperidine rings is 1. The van der Waals surface area contributed by atoms with Gasteiger partial charge in [-0.05, 0) is 12.8 Å². The summed E-state index contributed by atoms with van der Waals surface area (Å²) in [5.41, 5.74) is 0. The van der Waals surface area contributed by atoms with Crippen molar-refractivity contribution in [1.82, 2.24) is 5.01 Å². The highest BCUT2D eigenvalue weighted by atomic mass is 16.6. The summed E-state index contributed by atoms with van der Waals surface area (Å²) in [6.45, 7) is 1.92. The van der Waals surface area contributed by atoms with E-state index in [1.165, 1.54) is 11.9 Å². The Morgan fingerprint density at radius 2 is 2.33 bits per heavy atom. The van der Waals surface area contributed by atoms with Crippen LogP contribution < -0.4 is 0 Å². The number of nitrogens with zero attached hydrogens (tertiary/aromatic N) is 2. The minimum atomic E-state index is -0.436. The summed E-state index contributed by atoms with van der Waals surface area (Å²) in [6, 6.07) is 0. The standard InChI is InChI=1S/C7H12N2O3/c1-6(10)12-7-4-2-3-5-9(7)8-11/h7H,2-5H2,1H3. The fraction of sp³-hybridized carbons (Fsp3) is 0.857. The van der Waals surface area contributed by atoms with Gasteiger partial charge in [-0.1, -0.05) is 0 Å². The monoisotopic (exact) mass is 172 g/mol. The van der Waals surface area contributed by atoms with Crippen molar-refractivity contribution in [2.24, 2.45) is 5.29 Å². The number of hydrogen-bond acceptors (Lipinski definition) is 4. The van der Waals surface area contributed by atoms with Crippen LogP contribution in [0.15, 0.2) is 5.29 Å². The van der Waals surface area contributed by atoms with Gasteiger partial charge in [0.15, 0.2) is 6.23 Å². The SMILES string of the molecule is CC(=O)OC1CCCCN1N=O. The van der Waals surface area contributed by atoms with Crippen molar-refractivity contribution in [1.29, 1.82) is 0 Å². The van der Waals surface area contributed by atoms with Crippen LogP contribution in [-0.4, -0.2) is 23.8 Å². The minimum absolute atomic E-state index is 0.365. The van der Waals surface area contributed by atoms with E-state index in [4.69, 9.17) is 4.74 Å². The van der Waals surface area contributed by atoms with E-state index >= 15 is 0 Å². The van der Waals surface area contributed by atoms with Crippen molar-refractivity contribution in [3.63, 3.8) is 0 Å². The average molecular weight is 172 g/mol. The molecule has 0 saturated carbocycles. The molecule has 1 atom stereocenters. The fourth-order valence-electron chi connectivity index (χ4n) is 1.29. The van der Waals surface area contributed by atoms with Gasteiger partial charge in [-0.3, -0.25) is 4.79 Å². The van der Waals surface area contributed by atoms with E-state index in [2.05, 4.69) is 5.29 Å². The normalized spacial score (nSPS) is 23.4. The molecule has 5 nitrogen and oxygen atoms in total. The first-order chi connectivity index (χ1) is 5.74. The van der Waals surface area contributed by atoms with E-state index in [-0.39, 0.29) is 5.97 Å². The van der Waals surface area contributed by atoms with Crippen molar-refractivity contribution in [3.05, 3.63) is 4.91 Å². The van der Waals surface area contributed by atoms with Gasteiger partial charge in [0, 0.05) is 19.9 Å². The molecule has 0 aliphatic carbocycles. The second-order valence-corrected chi connectivity index (χ2v) is 2.80. The van der Waals surface area contributed by atoms with Gasteiger partial charge in [0.05, 0.1) is 5.29 Å². The molecular weight excluding hydrogens is 160 g/mol. The number of carbonyl (C=O) groups excluding carboxylic acids is 1. The molecular formula is C7H12N2O3. The molecule has 1 fully saturated rings. The van der Waals surface area contributed by atoms with E-state index < -0.39 is 6.23 Å². The Labute approximate surface area is 70.6 Å². The molecule has 0 bridgehead atoms. The Morgan fingerprint density at radius 1 is 1.58 bits per heavy atom. The lowest BCUT2D eigenvalue weighted by molar-refractivity contribution is -0.159. The third-order valence-electron chi connectivity index (χ3n) is 1.83. The van der Waals surface area contributed by atoms with Gasteiger partial charge in [0.2, 0.25) is 0 Å². The molecule has 0 aromatic heterocycles. The summed E-state index contributed by atoms with van der Waals surface area (Å²) < 4.78 is 4.89. The second kappa shape index (κ2) is 4.04. The van der Waals surface area contributed by atoms with Crippen LogP contribution >= 0.6 is 0 Å². The topological polar surface area (TPSA) is 59.0 Å². The highest BCUT2D eigenvalue weighted by Gasteiger charge is 2.24. The Balaban J connectivity index is 2.46. The maximum Gasteiger partial charge on any atom is 0.304 e. The molecule has 12 heavy (non-hydrogen) atoms.